The molecule has 17 heavy (non-hydrogen) atoms. The van der Waals surface area contributed by atoms with E-state index in [1.165, 1.54) is 24.0 Å². The maximum Gasteiger partial charge on any atom is 0.0480 e. The molecule has 2 nitrogen and oxygen atoms in total. The SMILES string of the molecule is CCc1ccccc1CNC1CCCOCC1. The van der Waals surface area contributed by atoms with Crippen molar-refractivity contribution in [3.05, 3.63) is 35.4 Å². The average molecular weight is 233 g/mol. The minimum atomic E-state index is 0.627. The fourth-order valence-corrected chi connectivity index (χ4v) is 2.44. The summed E-state index contributed by atoms with van der Waals surface area (Å²) < 4.78 is 5.48. The molecule has 1 aliphatic rings. The van der Waals surface area contributed by atoms with Gasteiger partial charge >= 0.3 is 0 Å². The second-order valence-electron chi connectivity index (χ2n) is 4.74. The molecule has 2 rings (SSSR count). The van der Waals surface area contributed by atoms with Crippen molar-refractivity contribution in [3.8, 4) is 0 Å². The van der Waals surface area contributed by atoms with E-state index in [9.17, 15) is 0 Å². The van der Waals surface area contributed by atoms with Crippen LogP contribution in [-0.2, 0) is 17.7 Å². The third kappa shape index (κ3) is 3.83. The van der Waals surface area contributed by atoms with Crippen molar-refractivity contribution in [1.29, 1.82) is 0 Å². The number of ether oxygens (including phenoxy) is 1. The zero-order valence-corrected chi connectivity index (χ0v) is 10.7. The van der Waals surface area contributed by atoms with E-state index in [0.29, 0.717) is 6.04 Å². The zero-order chi connectivity index (χ0) is 11.9. The van der Waals surface area contributed by atoms with Gasteiger partial charge in [0.15, 0.2) is 0 Å². The first-order chi connectivity index (χ1) is 8.40. The third-order valence-corrected chi connectivity index (χ3v) is 3.53. The van der Waals surface area contributed by atoms with E-state index in [4.69, 9.17) is 4.74 Å². The molecule has 0 amide bonds. The molecule has 94 valence electrons. The van der Waals surface area contributed by atoms with Gasteiger partial charge in [0, 0.05) is 25.8 Å². The molecule has 1 saturated heterocycles. The van der Waals surface area contributed by atoms with E-state index in [1.807, 2.05) is 0 Å². The summed E-state index contributed by atoms with van der Waals surface area (Å²) in [6, 6.07) is 9.35. The van der Waals surface area contributed by atoms with E-state index >= 15 is 0 Å². The Labute approximate surface area is 104 Å². The van der Waals surface area contributed by atoms with Crippen LogP contribution >= 0.6 is 0 Å². The van der Waals surface area contributed by atoms with Crippen LogP contribution in [0.1, 0.15) is 37.3 Å². The molecular weight excluding hydrogens is 210 g/mol. The topological polar surface area (TPSA) is 21.3 Å². The zero-order valence-electron chi connectivity index (χ0n) is 10.7. The van der Waals surface area contributed by atoms with Gasteiger partial charge < -0.3 is 10.1 Å². The van der Waals surface area contributed by atoms with Crippen molar-refractivity contribution in [1.82, 2.24) is 5.32 Å². The van der Waals surface area contributed by atoms with Gasteiger partial charge in [-0.25, -0.2) is 0 Å². The van der Waals surface area contributed by atoms with Crippen LogP contribution in [0.3, 0.4) is 0 Å². The molecule has 0 saturated carbocycles. The largest absolute Gasteiger partial charge is 0.381 e. The highest BCUT2D eigenvalue weighted by Gasteiger charge is 2.11. The lowest BCUT2D eigenvalue weighted by molar-refractivity contribution is 0.142. The minimum Gasteiger partial charge on any atom is -0.381 e. The van der Waals surface area contributed by atoms with Gasteiger partial charge in [-0.05, 0) is 36.8 Å². The first-order valence-electron chi connectivity index (χ1n) is 6.78. The lowest BCUT2D eigenvalue weighted by Crippen LogP contribution is -2.29. The monoisotopic (exact) mass is 233 g/mol. The normalized spacial score (nSPS) is 21.1. The Morgan fingerprint density at radius 1 is 1.18 bits per heavy atom. The average Bonchev–Trinajstić information content (AvgIpc) is 2.65. The van der Waals surface area contributed by atoms with Crippen molar-refractivity contribution in [2.45, 2.75) is 45.2 Å². The number of hydrogen-bond acceptors (Lipinski definition) is 2. The smallest absolute Gasteiger partial charge is 0.0480 e. The van der Waals surface area contributed by atoms with Gasteiger partial charge in [0.1, 0.15) is 0 Å². The summed E-state index contributed by atoms with van der Waals surface area (Å²) in [6.07, 6.45) is 4.70. The highest BCUT2D eigenvalue weighted by atomic mass is 16.5. The first-order valence-corrected chi connectivity index (χ1v) is 6.78. The number of nitrogens with one attached hydrogen (secondary N) is 1. The second-order valence-corrected chi connectivity index (χ2v) is 4.74. The summed E-state index contributed by atoms with van der Waals surface area (Å²) in [7, 11) is 0. The van der Waals surface area contributed by atoms with Crippen LogP contribution in [0.2, 0.25) is 0 Å². The van der Waals surface area contributed by atoms with E-state index in [0.717, 1.165) is 32.6 Å². The Morgan fingerprint density at radius 2 is 2.00 bits per heavy atom. The molecule has 2 heteroatoms. The summed E-state index contributed by atoms with van der Waals surface area (Å²) >= 11 is 0. The van der Waals surface area contributed by atoms with Crippen LogP contribution in [0.15, 0.2) is 24.3 Å². The van der Waals surface area contributed by atoms with Gasteiger partial charge in [-0.1, -0.05) is 31.2 Å². The highest BCUT2D eigenvalue weighted by Crippen LogP contribution is 2.12. The van der Waals surface area contributed by atoms with Crippen molar-refractivity contribution in [3.63, 3.8) is 0 Å². The van der Waals surface area contributed by atoms with Crippen LogP contribution in [-0.4, -0.2) is 19.3 Å². The maximum absolute atomic E-state index is 5.48. The summed E-state index contributed by atoms with van der Waals surface area (Å²) in [5, 5.41) is 3.67. The number of aryl methyl sites for hydroxylation is 1. The van der Waals surface area contributed by atoms with Crippen LogP contribution in [0.4, 0.5) is 0 Å². The summed E-state index contributed by atoms with van der Waals surface area (Å²) in [5.74, 6) is 0. The molecule has 0 aliphatic carbocycles. The number of rotatable bonds is 4. The van der Waals surface area contributed by atoms with Gasteiger partial charge in [0.25, 0.3) is 0 Å². The molecule has 0 spiro atoms. The first kappa shape index (κ1) is 12.6. The summed E-state index contributed by atoms with van der Waals surface area (Å²) in [4.78, 5) is 0. The number of hydrogen-bond donors (Lipinski definition) is 1. The van der Waals surface area contributed by atoms with Crippen molar-refractivity contribution in [2.24, 2.45) is 0 Å². The number of benzene rings is 1. The Morgan fingerprint density at radius 3 is 2.82 bits per heavy atom. The molecule has 1 aromatic carbocycles. The van der Waals surface area contributed by atoms with Gasteiger partial charge in [-0.2, -0.15) is 0 Å². The van der Waals surface area contributed by atoms with E-state index in [1.54, 1.807) is 0 Å². The highest BCUT2D eigenvalue weighted by molar-refractivity contribution is 5.26. The molecule has 1 aliphatic heterocycles. The van der Waals surface area contributed by atoms with Crippen LogP contribution in [0.5, 0.6) is 0 Å². The Kier molecular flexibility index (Phi) is 5.02. The molecule has 1 aromatic rings. The predicted molar refractivity (Wildman–Crippen MR) is 71.1 cm³/mol. The molecule has 1 N–H and O–H groups in total. The molecule has 1 atom stereocenters. The van der Waals surface area contributed by atoms with E-state index < -0.39 is 0 Å². The van der Waals surface area contributed by atoms with E-state index in [-0.39, 0.29) is 0 Å². The standard InChI is InChI=1S/C15H23NO/c1-2-13-6-3-4-7-14(13)12-16-15-8-5-10-17-11-9-15/h3-4,6-7,15-16H,2,5,8-12H2,1H3. The van der Waals surface area contributed by atoms with Gasteiger partial charge in [-0.15, -0.1) is 0 Å². The lowest BCUT2D eigenvalue weighted by atomic mass is 10.0. The molecule has 0 bridgehead atoms. The van der Waals surface area contributed by atoms with Gasteiger partial charge in [0.2, 0.25) is 0 Å². The summed E-state index contributed by atoms with van der Waals surface area (Å²) in [6.45, 7) is 5.06. The second kappa shape index (κ2) is 6.77. The molecule has 1 heterocycles. The van der Waals surface area contributed by atoms with Crippen LogP contribution in [0.25, 0.3) is 0 Å². The minimum absolute atomic E-state index is 0.627. The van der Waals surface area contributed by atoms with Gasteiger partial charge in [-0.3, -0.25) is 0 Å². The predicted octanol–water partition coefficient (Wildman–Crippen LogP) is 2.91. The summed E-state index contributed by atoms with van der Waals surface area (Å²) in [5.41, 5.74) is 2.91. The lowest BCUT2D eigenvalue weighted by Gasteiger charge is -2.17. The van der Waals surface area contributed by atoms with Crippen molar-refractivity contribution in [2.75, 3.05) is 13.2 Å². The van der Waals surface area contributed by atoms with Crippen molar-refractivity contribution >= 4 is 0 Å². The molecule has 1 fully saturated rings. The Balaban J connectivity index is 1.87. The van der Waals surface area contributed by atoms with Crippen LogP contribution < -0.4 is 5.32 Å². The quantitative estimate of drug-likeness (QED) is 0.863. The van der Waals surface area contributed by atoms with E-state index in [2.05, 4.69) is 36.5 Å². The molecular formula is C15H23NO. The van der Waals surface area contributed by atoms with Gasteiger partial charge in [0.05, 0.1) is 0 Å². The van der Waals surface area contributed by atoms with Crippen LogP contribution in [0, 0.1) is 0 Å². The Hall–Kier alpha value is -0.860. The molecule has 1 unspecified atom stereocenters. The fraction of sp³-hybridized carbons (Fsp3) is 0.600. The maximum atomic E-state index is 5.48. The van der Waals surface area contributed by atoms with Crippen molar-refractivity contribution < 1.29 is 4.74 Å². The Bertz CT molecular complexity index is 329. The fourth-order valence-electron chi connectivity index (χ4n) is 2.44. The third-order valence-electron chi connectivity index (χ3n) is 3.53. The molecule has 0 aromatic heterocycles. The molecule has 0 radical (unpaired) electrons.